The number of nitrogens with one attached hydrogen (secondary N) is 2. The number of benzene rings is 1. The summed E-state index contributed by atoms with van der Waals surface area (Å²) in [7, 11) is 0. The second-order valence-electron chi connectivity index (χ2n) is 3.43. The van der Waals surface area contributed by atoms with E-state index < -0.39 is 5.91 Å². The van der Waals surface area contributed by atoms with Gasteiger partial charge < -0.3 is 20.5 Å². The lowest BCUT2D eigenvalue weighted by atomic mass is 10.1. The van der Waals surface area contributed by atoms with Crippen LogP contribution in [0.3, 0.4) is 0 Å². The van der Waals surface area contributed by atoms with Crippen LogP contribution in [0.2, 0.25) is 0 Å². The molecule has 0 fully saturated rings. The van der Waals surface area contributed by atoms with E-state index in [9.17, 15) is 15.0 Å². The van der Waals surface area contributed by atoms with Gasteiger partial charge in [-0.25, -0.2) is 4.98 Å². The number of amides is 1. The fourth-order valence-electron chi connectivity index (χ4n) is 1.41. The number of carbonyl (C=O) groups is 1. The first-order valence-electron chi connectivity index (χ1n) is 4.95. The Hall–Kier alpha value is -2.50. The molecule has 6 heteroatoms. The van der Waals surface area contributed by atoms with Crippen LogP contribution in [0.15, 0.2) is 30.7 Å². The van der Waals surface area contributed by atoms with Crippen LogP contribution in [0.25, 0.3) is 0 Å². The van der Waals surface area contributed by atoms with E-state index in [-0.39, 0.29) is 23.6 Å². The van der Waals surface area contributed by atoms with Gasteiger partial charge in [-0.3, -0.25) is 4.79 Å². The van der Waals surface area contributed by atoms with Crippen molar-refractivity contribution in [1.82, 2.24) is 15.3 Å². The zero-order chi connectivity index (χ0) is 12.3. The van der Waals surface area contributed by atoms with Crippen LogP contribution in [0.4, 0.5) is 0 Å². The van der Waals surface area contributed by atoms with Crippen molar-refractivity contribution in [1.29, 1.82) is 0 Å². The van der Waals surface area contributed by atoms with Gasteiger partial charge in [-0.1, -0.05) is 6.07 Å². The number of H-pyrrole nitrogens is 1. The number of phenols is 2. The number of rotatable bonds is 3. The lowest BCUT2D eigenvalue weighted by Crippen LogP contribution is -2.23. The number of carbonyl (C=O) groups excluding carboxylic acids is 1. The molecule has 4 N–H and O–H groups in total. The zero-order valence-corrected chi connectivity index (χ0v) is 8.84. The molecule has 1 aromatic heterocycles. The molecule has 1 amide bonds. The van der Waals surface area contributed by atoms with Crippen LogP contribution >= 0.6 is 0 Å². The topological polar surface area (TPSA) is 98.2 Å². The van der Waals surface area contributed by atoms with Crippen molar-refractivity contribution in [3.8, 4) is 11.5 Å². The number of hydrogen-bond donors (Lipinski definition) is 4. The average Bonchev–Trinajstić information content (AvgIpc) is 2.79. The van der Waals surface area contributed by atoms with E-state index in [4.69, 9.17) is 0 Å². The smallest absolute Gasteiger partial charge is 0.259 e. The lowest BCUT2D eigenvalue weighted by Gasteiger charge is -2.07. The van der Waals surface area contributed by atoms with Gasteiger partial charge in [0.15, 0.2) is 0 Å². The molecule has 0 aliphatic rings. The van der Waals surface area contributed by atoms with E-state index in [1.165, 1.54) is 24.5 Å². The second-order valence-corrected chi connectivity index (χ2v) is 3.43. The molecule has 2 rings (SSSR count). The van der Waals surface area contributed by atoms with E-state index in [1.807, 2.05) is 0 Å². The van der Waals surface area contributed by atoms with Gasteiger partial charge in [0.2, 0.25) is 0 Å². The van der Waals surface area contributed by atoms with Gasteiger partial charge in [0.05, 0.1) is 18.6 Å². The maximum absolute atomic E-state index is 11.7. The molecular weight excluding hydrogens is 222 g/mol. The van der Waals surface area contributed by atoms with Gasteiger partial charge in [0.25, 0.3) is 5.91 Å². The number of aromatic amines is 1. The zero-order valence-electron chi connectivity index (χ0n) is 8.84. The van der Waals surface area contributed by atoms with Crippen molar-refractivity contribution in [2.75, 3.05) is 0 Å². The quantitative estimate of drug-likeness (QED) is 0.628. The summed E-state index contributed by atoms with van der Waals surface area (Å²) in [5.41, 5.74) is 0.597. The highest BCUT2D eigenvalue weighted by molar-refractivity contribution is 5.99. The number of aromatic hydroxyl groups is 2. The van der Waals surface area contributed by atoms with Crippen LogP contribution in [0.1, 0.15) is 16.1 Å². The van der Waals surface area contributed by atoms with Gasteiger partial charge in [-0.2, -0.15) is 0 Å². The Balaban J connectivity index is 2.10. The highest BCUT2D eigenvalue weighted by Gasteiger charge is 2.15. The van der Waals surface area contributed by atoms with Gasteiger partial charge in [-0.05, 0) is 12.1 Å². The fourth-order valence-corrected chi connectivity index (χ4v) is 1.41. The number of aromatic nitrogens is 2. The number of hydrogen-bond acceptors (Lipinski definition) is 4. The Kier molecular flexibility index (Phi) is 2.95. The third kappa shape index (κ3) is 2.36. The highest BCUT2D eigenvalue weighted by Crippen LogP contribution is 2.25. The summed E-state index contributed by atoms with van der Waals surface area (Å²) in [5.74, 6) is -1.06. The Morgan fingerprint density at radius 1 is 1.35 bits per heavy atom. The molecule has 0 spiro atoms. The van der Waals surface area contributed by atoms with E-state index in [0.29, 0.717) is 0 Å². The minimum atomic E-state index is -0.546. The maximum Gasteiger partial charge on any atom is 0.259 e. The second kappa shape index (κ2) is 4.56. The SMILES string of the molecule is O=C(NCc1cnc[nH]1)c1c(O)cccc1O. The van der Waals surface area contributed by atoms with Gasteiger partial charge in [0, 0.05) is 6.20 Å². The Bertz CT molecular complexity index is 503. The Morgan fingerprint density at radius 2 is 2.06 bits per heavy atom. The fraction of sp³-hybridized carbons (Fsp3) is 0.0909. The third-order valence-corrected chi connectivity index (χ3v) is 2.24. The van der Waals surface area contributed by atoms with Crippen LogP contribution in [-0.4, -0.2) is 26.1 Å². The summed E-state index contributed by atoms with van der Waals surface area (Å²) < 4.78 is 0. The summed E-state index contributed by atoms with van der Waals surface area (Å²) in [4.78, 5) is 18.3. The molecular formula is C11H11N3O3. The first-order valence-corrected chi connectivity index (χ1v) is 4.95. The number of nitrogens with zero attached hydrogens (tertiary/aromatic N) is 1. The molecule has 0 radical (unpaired) electrons. The molecule has 1 aromatic carbocycles. The van der Waals surface area contributed by atoms with Crippen molar-refractivity contribution in [3.63, 3.8) is 0 Å². The van der Waals surface area contributed by atoms with Crippen LogP contribution in [0, 0.1) is 0 Å². The largest absolute Gasteiger partial charge is 0.507 e. The molecule has 0 atom stereocenters. The minimum absolute atomic E-state index is 0.132. The summed E-state index contributed by atoms with van der Waals surface area (Å²) in [5, 5.41) is 21.5. The minimum Gasteiger partial charge on any atom is -0.507 e. The van der Waals surface area contributed by atoms with Gasteiger partial charge in [0.1, 0.15) is 17.1 Å². The van der Waals surface area contributed by atoms with Crippen molar-refractivity contribution >= 4 is 5.91 Å². The van der Waals surface area contributed by atoms with Gasteiger partial charge >= 0.3 is 0 Å². The average molecular weight is 233 g/mol. The predicted octanol–water partition coefficient (Wildman–Crippen LogP) is 0.751. The molecule has 17 heavy (non-hydrogen) atoms. The van der Waals surface area contributed by atoms with E-state index in [2.05, 4.69) is 15.3 Å². The van der Waals surface area contributed by atoms with Crippen LogP contribution < -0.4 is 5.32 Å². The molecule has 0 saturated heterocycles. The molecule has 0 unspecified atom stereocenters. The maximum atomic E-state index is 11.7. The standard InChI is InChI=1S/C11H11N3O3/c15-8-2-1-3-9(16)10(8)11(17)13-5-7-4-12-6-14-7/h1-4,6,15-16H,5H2,(H,12,14)(H,13,17). The monoisotopic (exact) mass is 233 g/mol. The lowest BCUT2D eigenvalue weighted by molar-refractivity contribution is 0.0945. The summed E-state index contributed by atoms with van der Waals surface area (Å²) in [6.45, 7) is 0.243. The Morgan fingerprint density at radius 3 is 2.65 bits per heavy atom. The number of phenolic OH excluding ortho intramolecular Hbond substituents is 2. The molecule has 0 bridgehead atoms. The summed E-state index contributed by atoms with van der Waals surface area (Å²) in [6.07, 6.45) is 3.07. The van der Waals surface area contributed by atoms with E-state index >= 15 is 0 Å². The highest BCUT2D eigenvalue weighted by atomic mass is 16.3. The predicted molar refractivity (Wildman–Crippen MR) is 59.5 cm³/mol. The Labute approximate surface area is 96.9 Å². The summed E-state index contributed by atoms with van der Waals surface area (Å²) >= 11 is 0. The molecule has 0 saturated carbocycles. The van der Waals surface area contributed by atoms with Gasteiger partial charge in [-0.15, -0.1) is 0 Å². The van der Waals surface area contributed by atoms with E-state index in [0.717, 1.165) is 5.69 Å². The molecule has 88 valence electrons. The summed E-state index contributed by atoms with van der Waals surface area (Å²) in [6, 6.07) is 4.13. The van der Waals surface area contributed by atoms with Crippen molar-refractivity contribution in [2.24, 2.45) is 0 Å². The normalized spacial score (nSPS) is 10.1. The first-order chi connectivity index (χ1) is 8.18. The van der Waals surface area contributed by atoms with Crippen molar-refractivity contribution in [3.05, 3.63) is 42.0 Å². The van der Waals surface area contributed by atoms with Crippen LogP contribution in [0.5, 0.6) is 11.5 Å². The molecule has 0 aliphatic carbocycles. The number of imidazole rings is 1. The van der Waals surface area contributed by atoms with E-state index in [1.54, 1.807) is 6.20 Å². The first kappa shape index (κ1) is 11.0. The molecule has 0 aliphatic heterocycles. The van der Waals surface area contributed by atoms with Crippen molar-refractivity contribution < 1.29 is 15.0 Å². The van der Waals surface area contributed by atoms with Crippen LogP contribution in [-0.2, 0) is 6.54 Å². The molecule has 2 aromatic rings. The molecule has 6 nitrogen and oxygen atoms in total. The third-order valence-electron chi connectivity index (χ3n) is 2.24. The molecule has 1 heterocycles. The van der Waals surface area contributed by atoms with Crippen molar-refractivity contribution in [2.45, 2.75) is 6.54 Å².